The van der Waals surface area contributed by atoms with Crippen molar-refractivity contribution in [3.8, 4) is 11.5 Å². The van der Waals surface area contributed by atoms with Gasteiger partial charge in [0.25, 0.3) is 5.22 Å². The zero-order valence-corrected chi connectivity index (χ0v) is 17.8. The van der Waals surface area contributed by atoms with Crippen LogP contribution < -0.4 is 0 Å². The third-order valence-electron chi connectivity index (χ3n) is 5.32. The zero-order chi connectivity index (χ0) is 20.4. The number of aryl methyl sites for hydroxylation is 2. The van der Waals surface area contributed by atoms with E-state index in [9.17, 15) is 4.79 Å². The average molecular weight is 412 g/mol. The highest BCUT2D eigenvalue weighted by Gasteiger charge is 2.21. The number of benzene rings is 1. The molecule has 1 aliphatic heterocycles. The predicted octanol–water partition coefficient (Wildman–Crippen LogP) is 4.62. The summed E-state index contributed by atoms with van der Waals surface area (Å²) in [5.74, 6) is 0.797. The van der Waals surface area contributed by atoms with Gasteiger partial charge in [0, 0.05) is 35.7 Å². The van der Waals surface area contributed by atoms with Crippen LogP contribution in [0.4, 0.5) is 0 Å². The molecule has 4 rings (SSSR count). The number of carbonyl (C=O) groups is 1. The Morgan fingerprint density at radius 3 is 2.72 bits per heavy atom. The Balaban J connectivity index is 1.40. The lowest BCUT2D eigenvalue weighted by Crippen LogP contribution is -2.17. The Morgan fingerprint density at radius 2 is 2.00 bits per heavy atom. The Bertz CT molecular complexity index is 1000. The van der Waals surface area contributed by atoms with Crippen LogP contribution in [-0.4, -0.2) is 39.0 Å². The number of hydrogen-bond donors (Lipinski definition) is 0. The van der Waals surface area contributed by atoms with E-state index in [1.165, 1.54) is 17.3 Å². The highest BCUT2D eigenvalue weighted by Crippen LogP contribution is 2.26. The maximum atomic E-state index is 12.8. The Morgan fingerprint density at radius 1 is 1.21 bits per heavy atom. The van der Waals surface area contributed by atoms with Gasteiger partial charge in [-0.15, -0.1) is 10.2 Å². The molecule has 2 aromatic heterocycles. The van der Waals surface area contributed by atoms with Gasteiger partial charge in [-0.3, -0.25) is 4.79 Å². The molecule has 0 bridgehead atoms. The first-order valence-corrected chi connectivity index (χ1v) is 10.8. The highest BCUT2D eigenvalue weighted by atomic mass is 32.2. The van der Waals surface area contributed by atoms with Crippen molar-refractivity contribution in [1.29, 1.82) is 0 Å². The van der Waals surface area contributed by atoms with Crippen molar-refractivity contribution in [2.45, 2.75) is 51.5 Å². The number of Topliss-reactive ketones (excluding diaryl/α,β-unsaturated/α-hetero) is 1. The van der Waals surface area contributed by atoms with Gasteiger partial charge in [0.2, 0.25) is 5.89 Å². The molecule has 1 atom stereocenters. The number of ketones is 1. The molecular weight excluding hydrogens is 386 g/mol. The van der Waals surface area contributed by atoms with E-state index in [0.29, 0.717) is 11.1 Å². The number of nitrogens with zero attached hydrogens (tertiary/aromatic N) is 3. The van der Waals surface area contributed by atoms with Crippen LogP contribution in [0.3, 0.4) is 0 Å². The molecule has 29 heavy (non-hydrogen) atoms. The molecular formula is C22H25N3O3S. The summed E-state index contributed by atoms with van der Waals surface area (Å²) in [5, 5.41) is 8.56. The van der Waals surface area contributed by atoms with Crippen molar-refractivity contribution < 1.29 is 13.9 Å². The van der Waals surface area contributed by atoms with Gasteiger partial charge in [0.05, 0.1) is 11.9 Å². The summed E-state index contributed by atoms with van der Waals surface area (Å²) in [5.41, 5.74) is 4.89. The van der Waals surface area contributed by atoms with E-state index in [-0.39, 0.29) is 17.6 Å². The first kappa shape index (κ1) is 19.9. The molecule has 152 valence electrons. The van der Waals surface area contributed by atoms with Crippen LogP contribution in [-0.2, 0) is 11.3 Å². The smallest absolute Gasteiger partial charge is 0.277 e. The average Bonchev–Trinajstić information content (AvgIpc) is 3.45. The standard InChI is InChI=1S/C22H25N3O3S/c1-14-6-8-17(9-7-14)21-23-24-22(28-21)29-13-20(26)19-11-15(2)25(16(19)3)12-18-5-4-10-27-18/h6-9,11,18H,4-5,10,12-13H2,1-3H3/t18-/m1/s1. The normalized spacial score (nSPS) is 16.4. The lowest BCUT2D eigenvalue weighted by atomic mass is 10.1. The molecule has 0 aliphatic carbocycles. The third kappa shape index (κ3) is 4.46. The number of aromatic nitrogens is 3. The number of carbonyl (C=O) groups excluding carboxylic acids is 1. The van der Waals surface area contributed by atoms with Gasteiger partial charge in [-0.2, -0.15) is 0 Å². The van der Waals surface area contributed by atoms with E-state index in [0.717, 1.165) is 48.5 Å². The van der Waals surface area contributed by atoms with E-state index in [1.807, 2.05) is 51.1 Å². The van der Waals surface area contributed by atoms with E-state index in [2.05, 4.69) is 14.8 Å². The van der Waals surface area contributed by atoms with Gasteiger partial charge in [0.1, 0.15) is 0 Å². The molecule has 3 heterocycles. The molecule has 1 fully saturated rings. The topological polar surface area (TPSA) is 70.2 Å². The van der Waals surface area contributed by atoms with Crippen LogP contribution in [0.5, 0.6) is 0 Å². The number of ether oxygens (including phenoxy) is 1. The molecule has 7 heteroatoms. The molecule has 1 aliphatic rings. The lowest BCUT2D eigenvalue weighted by molar-refractivity contribution is 0.0957. The van der Waals surface area contributed by atoms with E-state index in [1.54, 1.807) is 0 Å². The van der Waals surface area contributed by atoms with E-state index >= 15 is 0 Å². The van der Waals surface area contributed by atoms with Gasteiger partial charge >= 0.3 is 0 Å². The summed E-state index contributed by atoms with van der Waals surface area (Å²) >= 11 is 1.27. The monoisotopic (exact) mass is 411 g/mol. The van der Waals surface area contributed by atoms with E-state index < -0.39 is 0 Å². The van der Waals surface area contributed by atoms with Gasteiger partial charge in [0.15, 0.2) is 5.78 Å². The number of hydrogen-bond acceptors (Lipinski definition) is 6. The lowest BCUT2D eigenvalue weighted by Gasteiger charge is -2.14. The summed E-state index contributed by atoms with van der Waals surface area (Å²) in [7, 11) is 0. The van der Waals surface area contributed by atoms with Crippen molar-refractivity contribution in [3.05, 3.63) is 52.8 Å². The molecule has 0 N–H and O–H groups in total. The molecule has 1 aromatic carbocycles. The summed E-state index contributed by atoms with van der Waals surface area (Å²) in [6.07, 6.45) is 2.44. The summed E-state index contributed by atoms with van der Waals surface area (Å²) in [6.45, 7) is 7.71. The van der Waals surface area contributed by atoms with Crippen molar-refractivity contribution in [2.75, 3.05) is 12.4 Å². The fourth-order valence-corrected chi connectivity index (χ4v) is 4.29. The second kappa shape index (κ2) is 8.55. The second-order valence-corrected chi connectivity index (χ2v) is 8.41. The first-order chi connectivity index (χ1) is 14.0. The minimum absolute atomic E-state index is 0.0665. The zero-order valence-electron chi connectivity index (χ0n) is 17.0. The highest BCUT2D eigenvalue weighted by molar-refractivity contribution is 7.99. The molecule has 0 spiro atoms. The van der Waals surface area contributed by atoms with Crippen LogP contribution in [0.2, 0.25) is 0 Å². The van der Waals surface area contributed by atoms with E-state index in [4.69, 9.17) is 9.15 Å². The predicted molar refractivity (Wildman–Crippen MR) is 112 cm³/mol. The molecule has 0 saturated carbocycles. The molecule has 0 radical (unpaired) electrons. The third-order valence-corrected chi connectivity index (χ3v) is 6.13. The fraction of sp³-hybridized carbons (Fsp3) is 0.409. The number of rotatable bonds is 7. The minimum Gasteiger partial charge on any atom is -0.411 e. The summed E-state index contributed by atoms with van der Waals surface area (Å²) in [4.78, 5) is 12.8. The molecule has 1 saturated heterocycles. The van der Waals surface area contributed by atoms with Crippen LogP contribution in [0.1, 0.15) is 40.2 Å². The van der Waals surface area contributed by atoms with Crippen molar-refractivity contribution in [1.82, 2.24) is 14.8 Å². The van der Waals surface area contributed by atoms with Crippen molar-refractivity contribution >= 4 is 17.5 Å². The minimum atomic E-state index is 0.0665. The maximum absolute atomic E-state index is 12.8. The van der Waals surface area contributed by atoms with Crippen LogP contribution >= 0.6 is 11.8 Å². The first-order valence-electron chi connectivity index (χ1n) is 9.86. The van der Waals surface area contributed by atoms with Crippen LogP contribution in [0, 0.1) is 20.8 Å². The molecule has 3 aromatic rings. The Labute approximate surface area is 174 Å². The van der Waals surface area contributed by atoms with Gasteiger partial charge in [-0.05, 0) is 51.8 Å². The molecule has 0 amide bonds. The fourth-order valence-electron chi connectivity index (χ4n) is 3.64. The second-order valence-electron chi connectivity index (χ2n) is 7.48. The Kier molecular flexibility index (Phi) is 5.87. The van der Waals surface area contributed by atoms with Crippen molar-refractivity contribution in [3.63, 3.8) is 0 Å². The Hall–Kier alpha value is -2.38. The maximum Gasteiger partial charge on any atom is 0.277 e. The summed E-state index contributed by atoms with van der Waals surface area (Å²) < 4.78 is 13.7. The molecule has 6 nitrogen and oxygen atoms in total. The van der Waals surface area contributed by atoms with Crippen molar-refractivity contribution in [2.24, 2.45) is 0 Å². The van der Waals surface area contributed by atoms with Gasteiger partial charge < -0.3 is 13.7 Å². The SMILES string of the molecule is Cc1ccc(-c2nnc(SCC(=O)c3cc(C)n(C[C@H]4CCCO4)c3C)o2)cc1. The van der Waals surface area contributed by atoms with Crippen LogP contribution in [0.15, 0.2) is 40.0 Å². The van der Waals surface area contributed by atoms with Crippen LogP contribution in [0.25, 0.3) is 11.5 Å². The largest absolute Gasteiger partial charge is 0.411 e. The summed E-state index contributed by atoms with van der Waals surface area (Å²) in [6, 6.07) is 9.87. The van der Waals surface area contributed by atoms with Gasteiger partial charge in [-0.1, -0.05) is 29.5 Å². The van der Waals surface area contributed by atoms with Gasteiger partial charge in [-0.25, -0.2) is 0 Å². The molecule has 0 unspecified atom stereocenters. The number of thioether (sulfide) groups is 1. The quantitative estimate of drug-likeness (QED) is 0.417.